The number of halogens is 2. The van der Waals surface area contributed by atoms with E-state index in [-0.39, 0.29) is 11.4 Å². The number of ether oxygens (including phenoxy) is 1. The van der Waals surface area contributed by atoms with E-state index in [4.69, 9.17) is 28.3 Å². The lowest BCUT2D eigenvalue weighted by Crippen LogP contribution is -2.11. The van der Waals surface area contributed by atoms with Gasteiger partial charge in [-0.15, -0.1) is 23.2 Å². The van der Waals surface area contributed by atoms with E-state index in [9.17, 15) is 9.59 Å². The molecule has 0 amide bonds. The Morgan fingerprint density at radius 3 is 2.38 bits per heavy atom. The van der Waals surface area contributed by atoms with Gasteiger partial charge in [0.2, 0.25) is 0 Å². The van der Waals surface area contributed by atoms with Crippen LogP contribution in [0.2, 0.25) is 0 Å². The van der Waals surface area contributed by atoms with E-state index in [1.807, 2.05) is 0 Å². The van der Waals surface area contributed by atoms with Crippen LogP contribution in [0, 0.1) is 0 Å². The Morgan fingerprint density at radius 2 is 1.81 bits per heavy atom. The number of carbonyl (C=O) groups excluding carboxylic acids is 1. The largest absolute Gasteiger partial charge is 0.549 e. The van der Waals surface area contributed by atoms with E-state index >= 15 is 0 Å². The average molecular weight is 275 g/mol. The molecule has 0 radical (unpaired) electrons. The summed E-state index contributed by atoms with van der Waals surface area (Å²) >= 11 is 11.0. The predicted molar refractivity (Wildman–Crippen MR) is 55.5 cm³/mol. The fourth-order valence-corrected chi connectivity index (χ4v) is 1.14. The molecule has 0 aromatic carbocycles. The minimum absolute atomic E-state index is 0.122. The quantitative estimate of drug-likeness (QED) is 0.263. The van der Waals surface area contributed by atoms with Gasteiger partial charge in [-0.05, 0) is 19.3 Å². The van der Waals surface area contributed by atoms with Crippen molar-refractivity contribution in [2.75, 3.05) is 6.61 Å². The highest BCUT2D eigenvalue weighted by Crippen LogP contribution is 2.12. The van der Waals surface area contributed by atoms with Gasteiger partial charge in [-0.1, -0.05) is 6.42 Å². The minimum atomic E-state index is -1.72. The Balaban J connectivity index is 3.24. The Hall–Kier alpha value is -0.880. The molecule has 0 aliphatic heterocycles. The molecule has 1 N–H and O–H groups in total. The van der Waals surface area contributed by atoms with Gasteiger partial charge in [0.25, 0.3) is 0 Å². The molecular weight excluding hydrogens is 263 g/mol. The lowest BCUT2D eigenvalue weighted by molar-refractivity contribution is -0.213. The van der Waals surface area contributed by atoms with Crippen molar-refractivity contribution in [1.29, 1.82) is 0 Å². The topological polar surface area (TPSA) is 82.1 Å². The van der Waals surface area contributed by atoms with Gasteiger partial charge in [0, 0.05) is 0 Å². The number of carbonyl (C=O) groups is 2. The number of hydrogen-bond donors (Lipinski definition) is 1. The predicted octanol–water partition coefficient (Wildman–Crippen LogP) is 3.11. The molecule has 0 fully saturated rings. The lowest BCUT2D eigenvalue weighted by atomic mass is 10.2. The molecule has 0 saturated heterocycles. The third-order valence-corrected chi connectivity index (χ3v) is 1.90. The summed E-state index contributed by atoms with van der Waals surface area (Å²) in [5.74, 6) is 0. The molecule has 0 aliphatic rings. The Kier molecular flexibility index (Phi) is 8.84. The summed E-state index contributed by atoms with van der Waals surface area (Å²) in [6, 6.07) is 0. The SMILES string of the molecule is O=C(O)OOC(=O)OCCCCCC(Cl)Cl. The van der Waals surface area contributed by atoms with E-state index in [0.717, 1.165) is 12.8 Å². The first-order chi connectivity index (χ1) is 7.52. The summed E-state index contributed by atoms with van der Waals surface area (Å²) in [6.07, 6.45) is 0.00505. The normalized spacial score (nSPS) is 9.94. The summed E-state index contributed by atoms with van der Waals surface area (Å²) in [5, 5.41) is 7.98. The first-order valence-electron chi connectivity index (χ1n) is 4.54. The summed E-state index contributed by atoms with van der Waals surface area (Å²) in [7, 11) is 0. The van der Waals surface area contributed by atoms with Crippen molar-refractivity contribution >= 4 is 35.5 Å². The van der Waals surface area contributed by atoms with Gasteiger partial charge in [0.15, 0.2) is 0 Å². The van der Waals surface area contributed by atoms with E-state index in [1.54, 1.807) is 0 Å². The number of hydrogen-bond acceptors (Lipinski definition) is 5. The minimum Gasteiger partial charge on any atom is -0.447 e. The van der Waals surface area contributed by atoms with Crippen molar-refractivity contribution in [2.24, 2.45) is 0 Å². The Labute approximate surface area is 102 Å². The molecule has 0 bridgehead atoms. The molecule has 6 nitrogen and oxygen atoms in total. The summed E-state index contributed by atoms with van der Waals surface area (Å²) < 4.78 is 4.48. The van der Waals surface area contributed by atoms with E-state index < -0.39 is 12.3 Å². The molecule has 0 spiro atoms. The molecule has 0 unspecified atom stereocenters. The van der Waals surface area contributed by atoms with E-state index in [1.165, 1.54) is 0 Å². The van der Waals surface area contributed by atoms with Crippen molar-refractivity contribution in [3.05, 3.63) is 0 Å². The van der Waals surface area contributed by atoms with Gasteiger partial charge in [0.05, 0.1) is 6.61 Å². The maximum atomic E-state index is 10.6. The number of rotatable bonds is 6. The number of carboxylic acid groups (broad SMARTS) is 1. The molecule has 0 aromatic rings. The molecule has 0 aliphatic carbocycles. The third-order valence-electron chi connectivity index (χ3n) is 1.47. The fourth-order valence-electron chi connectivity index (χ4n) is 0.827. The summed E-state index contributed by atoms with van der Waals surface area (Å²) in [4.78, 5) is 27.3. The zero-order valence-electron chi connectivity index (χ0n) is 8.36. The number of alkyl halides is 2. The maximum Gasteiger partial charge on any atom is 0.549 e. The van der Waals surface area contributed by atoms with Crippen molar-refractivity contribution < 1.29 is 29.2 Å². The van der Waals surface area contributed by atoms with Crippen LogP contribution in [0.4, 0.5) is 9.59 Å². The summed E-state index contributed by atoms with van der Waals surface area (Å²) in [5.41, 5.74) is 0. The molecule has 94 valence electrons. The van der Waals surface area contributed by atoms with Gasteiger partial charge in [-0.2, -0.15) is 9.68 Å². The molecule has 0 rings (SSSR count). The molecule has 0 saturated carbocycles. The fraction of sp³-hybridized carbons (Fsp3) is 0.750. The van der Waals surface area contributed by atoms with Crippen molar-refractivity contribution in [3.63, 3.8) is 0 Å². The van der Waals surface area contributed by atoms with Gasteiger partial charge < -0.3 is 9.84 Å². The van der Waals surface area contributed by atoms with Gasteiger partial charge in [0.1, 0.15) is 4.84 Å². The van der Waals surface area contributed by atoms with Crippen LogP contribution in [0.1, 0.15) is 25.7 Å². The zero-order chi connectivity index (χ0) is 12.4. The smallest absolute Gasteiger partial charge is 0.447 e. The second-order valence-electron chi connectivity index (χ2n) is 2.77. The average Bonchev–Trinajstić information content (AvgIpc) is 2.19. The van der Waals surface area contributed by atoms with Crippen molar-refractivity contribution in [1.82, 2.24) is 0 Å². The first-order valence-corrected chi connectivity index (χ1v) is 5.42. The zero-order valence-corrected chi connectivity index (χ0v) is 9.87. The monoisotopic (exact) mass is 274 g/mol. The number of unbranched alkanes of at least 4 members (excludes halogenated alkanes) is 2. The van der Waals surface area contributed by atoms with Gasteiger partial charge >= 0.3 is 12.3 Å². The standard InChI is InChI=1S/C8H12Cl2O6/c9-6(10)4-2-1-3-5-14-8(13)16-15-7(11)12/h6H,1-5H2,(H,11,12). The molecule has 0 aromatic heterocycles. The van der Waals surface area contributed by atoms with Crippen LogP contribution in [0.15, 0.2) is 0 Å². The Bertz CT molecular complexity index is 221. The van der Waals surface area contributed by atoms with Crippen LogP contribution in [0.5, 0.6) is 0 Å². The third kappa shape index (κ3) is 11.2. The van der Waals surface area contributed by atoms with E-state index in [2.05, 4.69) is 14.5 Å². The molecule has 0 heterocycles. The molecule has 0 atom stereocenters. The van der Waals surface area contributed by atoms with Crippen molar-refractivity contribution in [3.8, 4) is 0 Å². The van der Waals surface area contributed by atoms with Gasteiger partial charge in [-0.3, -0.25) is 0 Å². The molecule has 16 heavy (non-hydrogen) atoms. The van der Waals surface area contributed by atoms with Crippen LogP contribution in [-0.4, -0.2) is 28.9 Å². The van der Waals surface area contributed by atoms with Crippen LogP contribution < -0.4 is 0 Å². The highest BCUT2D eigenvalue weighted by Gasteiger charge is 2.08. The lowest BCUT2D eigenvalue weighted by Gasteiger charge is -2.03. The molecule has 8 heteroatoms. The highest BCUT2D eigenvalue weighted by atomic mass is 35.5. The second-order valence-corrected chi connectivity index (χ2v) is 4.05. The van der Waals surface area contributed by atoms with Crippen molar-refractivity contribution in [2.45, 2.75) is 30.5 Å². The molecular formula is C8H12Cl2O6. The highest BCUT2D eigenvalue weighted by molar-refractivity contribution is 6.44. The van der Waals surface area contributed by atoms with Crippen LogP contribution in [-0.2, 0) is 14.5 Å². The Morgan fingerprint density at radius 1 is 1.12 bits per heavy atom. The van der Waals surface area contributed by atoms with E-state index in [0.29, 0.717) is 12.8 Å². The second kappa shape index (κ2) is 9.35. The summed E-state index contributed by atoms with van der Waals surface area (Å²) in [6.45, 7) is 0.122. The maximum absolute atomic E-state index is 10.6. The first kappa shape index (κ1) is 15.1. The van der Waals surface area contributed by atoms with Crippen LogP contribution in [0.3, 0.4) is 0 Å². The van der Waals surface area contributed by atoms with Gasteiger partial charge in [-0.25, -0.2) is 9.68 Å². The van der Waals surface area contributed by atoms with Crippen LogP contribution >= 0.6 is 23.2 Å². The van der Waals surface area contributed by atoms with Crippen LogP contribution in [0.25, 0.3) is 0 Å².